The molecule has 1 heterocycles. The molecule has 0 bridgehead atoms. The summed E-state index contributed by atoms with van der Waals surface area (Å²) in [7, 11) is -0.229. The Morgan fingerprint density at radius 1 is 1.33 bits per heavy atom. The number of hydrogen-bond acceptors (Lipinski definition) is 4. The topological polar surface area (TPSA) is 55.8 Å². The zero-order valence-electron chi connectivity index (χ0n) is 12.8. The number of nitrogens with zero attached hydrogens (tertiary/aromatic N) is 1. The average molecular weight is 313 g/mol. The highest BCUT2D eigenvalue weighted by molar-refractivity contribution is 7.89. The van der Waals surface area contributed by atoms with Crippen LogP contribution in [0.5, 0.6) is 5.75 Å². The molecule has 0 unspecified atom stereocenters. The fraction of sp³-hybridized carbons (Fsp3) is 0.600. The number of methoxy groups -OCH3 is 1. The summed E-state index contributed by atoms with van der Waals surface area (Å²) < 4.78 is 37.2. The van der Waals surface area contributed by atoms with Crippen molar-refractivity contribution in [3.63, 3.8) is 0 Å². The van der Waals surface area contributed by atoms with Crippen LogP contribution in [0.3, 0.4) is 0 Å². The third-order valence-corrected chi connectivity index (χ3v) is 5.75. The molecule has 5 nitrogen and oxygen atoms in total. The second-order valence-corrected chi connectivity index (χ2v) is 7.52. The molecule has 0 aromatic heterocycles. The lowest BCUT2D eigenvalue weighted by Gasteiger charge is -2.26. The van der Waals surface area contributed by atoms with Crippen LogP contribution in [0.25, 0.3) is 0 Å². The van der Waals surface area contributed by atoms with E-state index in [4.69, 9.17) is 9.47 Å². The molecule has 1 saturated heterocycles. The summed E-state index contributed by atoms with van der Waals surface area (Å²) in [6, 6.07) is 4.96. The molecule has 6 heteroatoms. The third-order valence-electron chi connectivity index (χ3n) is 3.93. The third kappa shape index (κ3) is 3.75. The highest BCUT2D eigenvalue weighted by Gasteiger charge is 2.25. The summed E-state index contributed by atoms with van der Waals surface area (Å²) >= 11 is 0. The monoisotopic (exact) mass is 313 g/mol. The quantitative estimate of drug-likeness (QED) is 0.835. The molecule has 0 spiro atoms. The minimum Gasteiger partial charge on any atom is -0.496 e. The van der Waals surface area contributed by atoms with E-state index in [9.17, 15) is 8.42 Å². The zero-order valence-corrected chi connectivity index (χ0v) is 13.6. The van der Waals surface area contributed by atoms with Gasteiger partial charge in [0.25, 0.3) is 0 Å². The van der Waals surface area contributed by atoms with Gasteiger partial charge >= 0.3 is 0 Å². The van der Waals surface area contributed by atoms with E-state index >= 15 is 0 Å². The molecular formula is C15H23NO4S. The van der Waals surface area contributed by atoms with Crippen molar-refractivity contribution >= 4 is 10.0 Å². The fourth-order valence-electron chi connectivity index (χ4n) is 2.58. The lowest BCUT2D eigenvalue weighted by atomic mass is 10.0. The van der Waals surface area contributed by atoms with Crippen LogP contribution in [-0.2, 0) is 14.8 Å². The van der Waals surface area contributed by atoms with Gasteiger partial charge in [-0.15, -0.1) is 0 Å². The van der Waals surface area contributed by atoms with Crippen molar-refractivity contribution < 1.29 is 17.9 Å². The van der Waals surface area contributed by atoms with Gasteiger partial charge < -0.3 is 9.47 Å². The maximum absolute atomic E-state index is 12.6. The Kier molecular flexibility index (Phi) is 5.24. The SMILES string of the molecule is COc1ccc(S(=O)(=O)N(C)CC2CCOCC2)cc1C. The molecule has 0 N–H and O–H groups in total. The molecule has 118 valence electrons. The predicted molar refractivity (Wildman–Crippen MR) is 81.1 cm³/mol. The molecule has 0 aliphatic carbocycles. The van der Waals surface area contributed by atoms with Gasteiger partial charge in [0.1, 0.15) is 5.75 Å². The minimum atomic E-state index is -3.45. The van der Waals surface area contributed by atoms with E-state index < -0.39 is 10.0 Å². The normalized spacial score (nSPS) is 17.1. The maximum Gasteiger partial charge on any atom is 0.242 e. The number of ether oxygens (including phenoxy) is 2. The molecule has 21 heavy (non-hydrogen) atoms. The van der Waals surface area contributed by atoms with Crippen LogP contribution in [0.15, 0.2) is 23.1 Å². The van der Waals surface area contributed by atoms with Gasteiger partial charge in [-0.2, -0.15) is 0 Å². The fourth-order valence-corrected chi connectivity index (χ4v) is 3.91. The first-order valence-electron chi connectivity index (χ1n) is 7.14. The molecule has 1 aromatic carbocycles. The van der Waals surface area contributed by atoms with Gasteiger partial charge in [0.05, 0.1) is 12.0 Å². The van der Waals surface area contributed by atoms with Crippen molar-refractivity contribution in [3.05, 3.63) is 23.8 Å². The summed E-state index contributed by atoms with van der Waals surface area (Å²) in [5.74, 6) is 1.07. The molecule has 1 aliphatic heterocycles. The minimum absolute atomic E-state index is 0.315. The van der Waals surface area contributed by atoms with E-state index in [0.29, 0.717) is 23.1 Å². The largest absolute Gasteiger partial charge is 0.496 e. The van der Waals surface area contributed by atoms with Crippen LogP contribution in [-0.4, -0.2) is 46.6 Å². The van der Waals surface area contributed by atoms with Gasteiger partial charge in [0, 0.05) is 26.8 Å². The summed E-state index contributed by atoms with van der Waals surface area (Å²) in [6.07, 6.45) is 1.84. The summed E-state index contributed by atoms with van der Waals surface area (Å²) in [6.45, 7) is 3.83. The van der Waals surface area contributed by atoms with Gasteiger partial charge in [-0.25, -0.2) is 12.7 Å². The van der Waals surface area contributed by atoms with E-state index in [1.807, 2.05) is 6.92 Å². The van der Waals surface area contributed by atoms with Crippen molar-refractivity contribution in [2.75, 3.05) is 33.9 Å². The molecule has 0 atom stereocenters. The van der Waals surface area contributed by atoms with Crippen molar-refractivity contribution in [2.45, 2.75) is 24.7 Å². The van der Waals surface area contributed by atoms with Crippen LogP contribution in [0.4, 0.5) is 0 Å². The highest BCUT2D eigenvalue weighted by atomic mass is 32.2. The first-order valence-corrected chi connectivity index (χ1v) is 8.58. The Bertz CT molecular complexity index is 579. The average Bonchev–Trinajstić information content (AvgIpc) is 2.48. The Labute approximate surface area is 126 Å². The van der Waals surface area contributed by atoms with Crippen LogP contribution >= 0.6 is 0 Å². The maximum atomic E-state index is 12.6. The molecule has 1 fully saturated rings. The van der Waals surface area contributed by atoms with E-state index in [1.165, 1.54) is 4.31 Å². The van der Waals surface area contributed by atoms with Crippen LogP contribution in [0.1, 0.15) is 18.4 Å². The summed E-state index contributed by atoms with van der Waals surface area (Å²) in [4.78, 5) is 0.315. The highest BCUT2D eigenvalue weighted by Crippen LogP contribution is 2.24. The van der Waals surface area contributed by atoms with Crippen molar-refractivity contribution in [1.29, 1.82) is 0 Å². The predicted octanol–water partition coefficient (Wildman–Crippen LogP) is 2.05. The van der Waals surface area contributed by atoms with Gasteiger partial charge in [-0.1, -0.05) is 0 Å². The molecule has 1 aliphatic rings. The number of sulfonamides is 1. The van der Waals surface area contributed by atoms with Crippen LogP contribution < -0.4 is 4.74 Å². The van der Waals surface area contributed by atoms with Crippen molar-refractivity contribution in [1.82, 2.24) is 4.31 Å². The Balaban J connectivity index is 2.14. The van der Waals surface area contributed by atoms with Gasteiger partial charge in [-0.3, -0.25) is 0 Å². The standard InChI is InChI=1S/C15H23NO4S/c1-12-10-14(4-5-15(12)19-3)21(17,18)16(2)11-13-6-8-20-9-7-13/h4-5,10,13H,6-9,11H2,1-3H3. The van der Waals surface area contributed by atoms with E-state index in [0.717, 1.165) is 31.6 Å². The first kappa shape index (κ1) is 16.3. The van der Waals surface area contributed by atoms with E-state index in [1.54, 1.807) is 32.4 Å². The second kappa shape index (κ2) is 6.77. The van der Waals surface area contributed by atoms with Crippen LogP contribution in [0, 0.1) is 12.8 Å². The van der Waals surface area contributed by atoms with Crippen LogP contribution in [0.2, 0.25) is 0 Å². The number of aryl methyl sites for hydroxylation is 1. The molecule has 2 rings (SSSR count). The Morgan fingerprint density at radius 2 is 2.00 bits per heavy atom. The molecule has 0 amide bonds. The van der Waals surface area contributed by atoms with E-state index in [-0.39, 0.29) is 0 Å². The summed E-state index contributed by atoms with van der Waals surface area (Å²) in [5, 5.41) is 0. The second-order valence-electron chi connectivity index (χ2n) is 5.47. The van der Waals surface area contributed by atoms with Gasteiger partial charge in [0.2, 0.25) is 10.0 Å². The smallest absolute Gasteiger partial charge is 0.242 e. The first-order chi connectivity index (χ1) is 9.95. The van der Waals surface area contributed by atoms with Crippen molar-refractivity contribution in [3.8, 4) is 5.75 Å². The van der Waals surface area contributed by atoms with Gasteiger partial charge in [-0.05, 0) is 49.4 Å². The summed E-state index contributed by atoms with van der Waals surface area (Å²) in [5.41, 5.74) is 0.818. The van der Waals surface area contributed by atoms with Crippen molar-refractivity contribution in [2.24, 2.45) is 5.92 Å². The number of hydrogen-bond donors (Lipinski definition) is 0. The molecule has 0 radical (unpaired) electrons. The molecular weight excluding hydrogens is 290 g/mol. The van der Waals surface area contributed by atoms with E-state index in [2.05, 4.69) is 0 Å². The van der Waals surface area contributed by atoms with Gasteiger partial charge in [0.15, 0.2) is 0 Å². The molecule has 1 aromatic rings. The Morgan fingerprint density at radius 3 is 2.57 bits per heavy atom. The lowest BCUT2D eigenvalue weighted by Crippen LogP contribution is -2.34. The lowest BCUT2D eigenvalue weighted by molar-refractivity contribution is 0.0620. The Hall–Kier alpha value is -1.11. The number of rotatable bonds is 5. The molecule has 0 saturated carbocycles. The number of benzene rings is 1. The zero-order chi connectivity index (χ0) is 15.5.